The molecule has 124 valence electrons. The number of rotatable bonds is 2. The Labute approximate surface area is 145 Å². The van der Waals surface area contributed by atoms with Crippen molar-refractivity contribution in [3.63, 3.8) is 0 Å². The zero-order valence-corrected chi connectivity index (χ0v) is 14.3. The van der Waals surface area contributed by atoms with Crippen LogP contribution in [-0.2, 0) is 4.79 Å². The van der Waals surface area contributed by atoms with Gasteiger partial charge in [0.25, 0.3) is 5.91 Å². The van der Waals surface area contributed by atoms with Crippen molar-refractivity contribution in [1.29, 1.82) is 0 Å². The van der Waals surface area contributed by atoms with Crippen LogP contribution < -0.4 is 0 Å². The number of thiophene rings is 1. The molecular formula is C19H20N2O2S. The summed E-state index contributed by atoms with van der Waals surface area (Å²) in [5, 5.41) is 1.14. The van der Waals surface area contributed by atoms with Crippen molar-refractivity contribution < 1.29 is 9.59 Å². The number of hydrogen-bond acceptors (Lipinski definition) is 3. The van der Waals surface area contributed by atoms with E-state index in [9.17, 15) is 9.59 Å². The molecule has 2 aromatic rings. The molecule has 3 heterocycles. The number of carbonyl (C=O) groups excluding carboxylic acids is 2. The van der Waals surface area contributed by atoms with Crippen molar-refractivity contribution >= 4 is 33.2 Å². The molecule has 0 N–H and O–H groups in total. The largest absolute Gasteiger partial charge is 0.338 e. The molecule has 2 aliphatic heterocycles. The maximum absolute atomic E-state index is 12.8. The number of carbonyl (C=O) groups is 2. The standard InChI is InChI=1S/C19H20N2O2S/c1-2-17(22)21-12-19(13-21)7-9-20(10-8-19)18(23)16-11-14-5-3-4-6-15(14)24-16/h2-6,11H,1,7-10,12-13H2. The summed E-state index contributed by atoms with van der Waals surface area (Å²) in [5.41, 5.74) is 0.218. The molecule has 0 saturated carbocycles. The second-order valence-corrected chi connectivity index (χ2v) is 7.92. The van der Waals surface area contributed by atoms with Crippen LogP contribution in [0.25, 0.3) is 10.1 Å². The number of likely N-dealkylation sites (tertiary alicyclic amines) is 2. The molecule has 4 rings (SSSR count). The number of fused-ring (bicyclic) bond motifs is 1. The van der Waals surface area contributed by atoms with Crippen LogP contribution in [-0.4, -0.2) is 47.8 Å². The molecule has 1 spiro atoms. The molecule has 0 bridgehead atoms. The predicted octanol–water partition coefficient (Wildman–Crippen LogP) is 3.15. The highest BCUT2D eigenvalue weighted by atomic mass is 32.1. The fourth-order valence-electron chi connectivity index (χ4n) is 3.79. The molecule has 0 radical (unpaired) electrons. The molecular weight excluding hydrogens is 320 g/mol. The van der Waals surface area contributed by atoms with Gasteiger partial charge in [0.15, 0.2) is 0 Å². The minimum atomic E-state index is 0.0180. The van der Waals surface area contributed by atoms with Crippen molar-refractivity contribution in [2.45, 2.75) is 12.8 Å². The number of amides is 2. The van der Waals surface area contributed by atoms with Gasteiger partial charge in [-0.15, -0.1) is 11.3 Å². The Morgan fingerprint density at radius 1 is 1.12 bits per heavy atom. The van der Waals surface area contributed by atoms with Gasteiger partial charge >= 0.3 is 0 Å². The van der Waals surface area contributed by atoms with E-state index in [0.29, 0.717) is 0 Å². The van der Waals surface area contributed by atoms with E-state index >= 15 is 0 Å². The van der Waals surface area contributed by atoms with Crippen molar-refractivity contribution in [2.75, 3.05) is 26.2 Å². The van der Waals surface area contributed by atoms with E-state index in [2.05, 4.69) is 12.6 Å². The number of piperidine rings is 1. The average molecular weight is 340 g/mol. The summed E-state index contributed by atoms with van der Waals surface area (Å²) < 4.78 is 1.16. The molecule has 24 heavy (non-hydrogen) atoms. The predicted molar refractivity (Wildman–Crippen MR) is 96.2 cm³/mol. The van der Waals surface area contributed by atoms with Gasteiger partial charge in [-0.2, -0.15) is 0 Å². The van der Waals surface area contributed by atoms with E-state index in [1.54, 1.807) is 11.3 Å². The van der Waals surface area contributed by atoms with E-state index in [-0.39, 0.29) is 17.2 Å². The van der Waals surface area contributed by atoms with Gasteiger partial charge in [0.1, 0.15) is 0 Å². The third kappa shape index (κ3) is 2.53. The second-order valence-electron chi connectivity index (χ2n) is 6.84. The van der Waals surface area contributed by atoms with Crippen LogP contribution in [0.1, 0.15) is 22.5 Å². The molecule has 0 aliphatic carbocycles. The molecule has 2 saturated heterocycles. The number of hydrogen-bond donors (Lipinski definition) is 0. The quantitative estimate of drug-likeness (QED) is 0.788. The minimum Gasteiger partial charge on any atom is -0.338 e. The van der Waals surface area contributed by atoms with E-state index in [0.717, 1.165) is 54.0 Å². The third-order valence-corrected chi connectivity index (χ3v) is 6.39. The van der Waals surface area contributed by atoms with Crippen molar-refractivity contribution in [3.05, 3.63) is 47.9 Å². The minimum absolute atomic E-state index is 0.0180. The monoisotopic (exact) mass is 340 g/mol. The molecule has 0 unspecified atom stereocenters. The van der Waals surface area contributed by atoms with Gasteiger partial charge in [0, 0.05) is 36.3 Å². The van der Waals surface area contributed by atoms with Crippen LogP contribution in [0.3, 0.4) is 0 Å². The Balaban J connectivity index is 1.40. The zero-order valence-electron chi connectivity index (χ0n) is 13.5. The number of benzene rings is 1. The second kappa shape index (κ2) is 5.74. The summed E-state index contributed by atoms with van der Waals surface area (Å²) in [6, 6.07) is 10.1. The van der Waals surface area contributed by atoms with Crippen LogP contribution in [0.2, 0.25) is 0 Å². The normalized spacial score (nSPS) is 19.3. The van der Waals surface area contributed by atoms with Crippen LogP contribution in [0.4, 0.5) is 0 Å². The first-order chi connectivity index (χ1) is 11.6. The first-order valence-corrected chi connectivity index (χ1v) is 9.11. The van der Waals surface area contributed by atoms with Gasteiger partial charge in [0.05, 0.1) is 4.88 Å². The molecule has 4 nitrogen and oxygen atoms in total. The van der Waals surface area contributed by atoms with Crippen LogP contribution in [0.5, 0.6) is 0 Å². The molecule has 2 fully saturated rings. The lowest BCUT2D eigenvalue weighted by molar-refractivity contribution is -0.140. The van der Waals surface area contributed by atoms with E-state index in [1.165, 1.54) is 6.08 Å². The van der Waals surface area contributed by atoms with Crippen molar-refractivity contribution in [1.82, 2.24) is 9.80 Å². The molecule has 1 aromatic carbocycles. The summed E-state index contributed by atoms with van der Waals surface area (Å²) >= 11 is 1.57. The lowest BCUT2D eigenvalue weighted by atomic mass is 9.72. The van der Waals surface area contributed by atoms with E-state index in [1.807, 2.05) is 34.1 Å². The highest BCUT2D eigenvalue weighted by Gasteiger charge is 2.46. The topological polar surface area (TPSA) is 40.6 Å². The number of nitrogens with zero attached hydrogens (tertiary/aromatic N) is 2. The molecule has 2 aliphatic rings. The Morgan fingerprint density at radius 3 is 2.50 bits per heavy atom. The zero-order chi connectivity index (χ0) is 16.7. The SMILES string of the molecule is C=CC(=O)N1CC2(CCN(C(=O)c3cc4ccccc4s3)CC2)C1. The van der Waals surface area contributed by atoms with Gasteiger partial charge in [-0.1, -0.05) is 24.8 Å². The smallest absolute Gasteiger partial charge is 0.263 e. The van der Waals surface area contributed by atoms with Crippen LogP contribution in [0.15, 0.2) is 43.0 Å². The fourth-order valence-corrected chi connectivity index (χ4v) is 4.82. The summed E-state index contributed by atoms with van der Waals surface area (Å²) in [5.74, 6) is 0.161. The maximum Gasteiger partial charge on any atom is 0.263 e. The molecule has 2 amide bonds. The van der Waals surface area contributed by atoms with Crippen LogP contribution >= 0.6 is 11.3 Å². The Hall–Kier alpha value is -2.14. The van der Waals surface area contributed by atoms with Gasteiger partial charge in [-0.25, -0.2) is 0 Å². The van der Waals surface area contributed by atoms with Gasteiger partial charge in [-0.05, 0) is 36.4 Å². The Morgan fingerprint density at radius 2 is 1.83 bits per heavy atom. The first-order valence-electron chi connectivity index (χ1n) is 8.29. The lowest BCUT2D eigenvalue weighted by Gasteiger charge is -2.53. The van der Waals surface area contributed by atoms with Gasteiger partial charge in [-0.3, -0.25) is 9.59 Å². The Kier molecular flexibility index (Phi) is 3.68. The van der Waals surface area contributed by atoms with E-state index in [4.69, 9.17) is 0 Å². The fraction of sp³-hybridized carbons (Fsp3) is 0.368. The van der Waals surface area contributed by atoms with Crippen LogP contribution in [0, 0.1) is 5.41 Å². The van der Waals surface area contributed by atoms with Crippen molar-refractivity contribution in [3.8, 4) is 0 Å². The summed E-state index contributed by atoms with van der Waals surface area (Å²) in [6.07, 6.45) is 3.34. The Bertz CT molecular complexity index is 777. The molecule has 5 heteroatoms. The van der Waals surface area contributed by atoms with Crippen molar-refractivity contribution in [2.24, 2.45) is 5.41 Å². The first kappa shape index (κ1) is 15.4. The summed E-state index contributed by atoms with van der Waals surface area (Å²) in [7, 11) is 0. The highest BCUT2D eigenvalue weighted by Crippen LogP contribution is 2.41. The average Bonchev–Trinajstić information content (AvgIpc) is 3.02. The molecule has 0 atom stereocenters. The summed E-state index contributed by atoms with van der Waals surface area (Å²) in [4.78, 5) is 29.0. The maximum atomic E-state index is 12.8. The highest BCUT2D eigenvalue weighted by molar-refractivity contribution is 7.20. The molecule has 1 aromatic heterocycles. The van der Waals surface area contributed by atoms with E-state index < -0.39 is 0 Å². The van der Waals surface area contributed by atoms with Gasteiger partial charge < -0.3 is 9.80 Å². The van der Waals surface area contributed by atoms with Gasteiger partial charge in [0.2, 0.25) is 5.91 Å². The summed E-state index contributed by atoms with van der Waals surface area (Å²) in [6.45, 7) is 6.72. The lowest BCUT2D eigenvalue weighted by Crippen LogP contribution is -2.61. The third-order valence-electron chi connectivity index (χ3n) is 5.29.